The molecule has 2 fully saturated rings. The largest absolute Gasteiger partial charge is 0.391 e. The normalized spacial score (nSPS) is 30.5. The van der Waals surface area contributed by atoms with Gasteiger partial charge in [-0.3, -0.25) is 4.68 Å². The van der Waals surface area contributed by atoms with Gasteiger partial charge in [-0.1, -0.05) is 11.6 Å². The number of aliphatic hydroxyl groups excluding tert-OH is 1. The van der Waals surface area contributed by atoms with Gasteiger partial charge in [-0.15, -0.1) is 0 Å². The Hall–Kier alpha value is -1.66. The van der Waals surface area contributed by atoms with Crippen molar-refractivity contribution >= 4 is 17.4 Å². The number of anilines is 1. The Morgan fingerprint density at radius 3 is 2.74 bits per heavy atom. The molecule has 2 aliphatic rings. The van der Waals surface area contributed by atoms with E-state index < -0.39 is 6.10 Å². The van der Waals surface area contributed by atoms with Crippen LogP contribution in [-0.2, 0) is 0 Å². The van der Waals surface area contributed by atoms with Crippen LogP contribution in [0.3, 0.4) is 0 Å². The molecule has 1 aliphatic heterocycles. The van der Waals surface area contributed by atoms with Crippen LogP contribution in [0.5, 0.6) is 0 Å². The summed E-state index contributed by atoms with van der Waals surface area (Å²) in [5, 5.41) is 15.0. The molecule has 0 radical (unpaired) electrons. The lowest BCUT2D eigenvalue weighted by atomic mass is 9.77. The van der Waals surface area contributed by atoms with Gasteiger partial charge in [0.1, 0.15) is 0 Å². The van der Waals surface area contributed by atoms with Crippen LogP contribution < -0.4 is 4.90 Å². The monoisotopic (exact) mass is 336 g/mol. The predicted molar refractivity (Wildman–Crippen MR) is 84.9 cm³/mol. The summed E-state index contributed by atoms with van der Waals surface area (Å²) in [4.78, 5) is 6.12. The third-order valence-electron chi connectivity index (χ3n) is 5.06. The van der Waals surface area contributed by atoms with Crippen LogP contribution in [0.4, 0.5) is 10.2 Å². The van der Waals surface area contributed by atoms with Gasteiger partial charge in [0.2, 0.25) is 0 Å². The van der Waals surface area contributed by atoms with Crippen LogP contribution in [0, 0.1) is 17.7 Å². The minimum absolute atomic E-state index is 0.00535. The Kier molecular flexibility index (Phi) is 3.73. The van der Waals surface area contributed by atoms with E-state index in [1.807, 2.05) is 21.8 Å². The van der Waals surface area contributed by atoms with Gasteiger partial charge in [-0.2, -0.15) is 5.10 Å². The number of pyridine rings is 1. The first-order valence-electron chi connectivity index (χ1n) is 7.85. The highest BCUT2D eigenvalue weighted by molar-refractivity contribution is 6.30. The number of rotatable bonds is 2. The number of halogens is 2. The molecular weight excluding hydrogens is 319 g/mol. The van der Waals surface area contributed by atoms with E-state index in [4.69, 9.17) is 11.6 Å². The van der Waals surface area contributed by atoms with Gasteiger partial charge in [0.15, 0.2) is 11.6 Å². The number of aliphatic hydroxyl groups is 1. The third kappa shape index (κ3) is 2.70. The van der Waals surface area contributed by atoms with Crippen LogP contribution in [-0.4, -0.2) is 39.1 Å². The fraction of sp³-hybridized carbons (Fsp3) is 0.500. The fourth-order valence-corrected chi connectivity index (χ4v) is 4.13. The molecule has 1 aliphatic carbocycles. The quantitative estimate of drug-likeness (QED) is 0.915. The minimum atomic E-state index is -0.417. The van der Waals surface area contributed by atoms with Crippen molar-refractivity contribution < 1.29 is 9.50 Å². The van der Waals surface area contributed by atoms with Crippen molar-refractivity contribution in [1.29, 1.82) is 0 Å². The van der Waals surface area contributed by atoms with Crippen LogP contribution in [0.25, 0.3) is 0 Å². The number of fused-ring (bicyclic) bond motifs is 1. The van der Waals surface area contributed by atoms with Crippen LogP contribution in [0.2, 0.25) is 5.02 Å². The molecule has 0 amide bonds. The predicted octanol–water partition coefficient (Wildman–Crippen LogP) is 2.52. The van der Waals surface area contributed by atoms with Gasteiger partial charge in [-0.25, -0.2) is 9.37 Å². The van der Waals surface area contributed by atoms with Crippen LogP contribution in [0.15, 0.2) is 30.7 Å². The van der Waals surface area contributed by atoms with Crippen molar-refractivity contribution in [3.05, 3.63) is 41.6 Å². The topological polar surface area (TPSA) is 54.2 Å². The van der Waals surface area contributed by atoms with Crippen molar-refractivity contribution in [3.8, 4) is 0 Å². The lowest BCUT2D eigenvalue weighted by molar-refractivity contribution is 0.0306. The SMILES string of the molecule is O[C@@H]1C[C@H]2CN(c3ncc(Cl)cc3F)C[C@H]2C[C@H]1n1cccn1. The molecule has 7 heteroatoms. The molecule has 4 atom stereocenters. The second kappa shape index (κ2) is 5.76. The Bertz CT molecular complexity index is 695. The molecular formula is C16H18ClFN4O. The van der Waals surface area contributed by atoms with Gasteiger partial charge in [0.25, 0.3) is 0 Å². The van der Waals surface area contributed by atoms with E-state index in [1.54, 1.807) is 6.20 Å². The fourth-order valence-electron chi connectivity index (χ4n) is 3.98. The third-order valence-corrected chi connectivity index (χ3v) is 5.27. The highest BCUT2D eigenvalue weighted by atomic mass is 35.5. The molecule has 0 aromatic carbocycles. The van der Waals surface area contributed by atoms with Crippen LogP contribution >= 0.6 is 11.6 Å². The van der Waals surface area contributed by atoms with E-state index in [1.165, 1.54) is 12.3 Å². The Morgan fingerprint density at radius 2 is 2.04 bits per heavy atom. The molecule has 0 bridgehead atoms. The highest BCUT2D eigenvalue weighted by Gasteiger charge is 2.43. The lowest BCUT2D eigenvalue weighted by Gasteiger charge is -2.35. The first-order valence-corrected chi connectivity index (χ1v) is 8.23. The van der Waals surface area contributed by atoms with Crippen molar-refractivity contribution in [2.75, 3.05) is 18.0 Å². The van der Waals surface area contributed by atoms with E-state index in [0.29, 0.717) is 29.1 Å². The molecule has 122 valence electrons. The van der Waals surface area contributed by atoms with Crippen molar-refractivity contribution in [3.63, 3.8) is 0 Å². The number of aromatic nitrogens is 3. The molecule has 0 spiro atoms. The maximum absolute atomic E-state index is 14.1. The summed E-state index contributed by atoms with van der Waals surface area (Å²) in [6.45, 7) is 1.47. The maximum atomic E-state index is 14.1. The molecule has 3 heterocycles. The lowest BCUT2D eigenvalue weighted by Crippen LogP contribution is -2.36. The van der Waals surface area contributed by atoms with Gasteiger partial charge >= 0.3 is 0 Å². The van der Waals surface area contributed by atoms with Crippen molar-refractivity contribution in [1.82, 2.24) is 14.8 Å². The Labute approximate surface area is 138 Å². The average Bonchev–Trinajstić information content (AvgIpc) is 3.14. The Balaban J connectivity index is 1.53. The number of nitrogens with zero attached hydrogens (tertiary/aromatic N) is 4. The summed E-state index contributed by atoms with van der Waals surface area (Å²) in [5.74, 6) is 0.729. The summed E-state index contributed by atoms with van der Waals surface area (Å²) >= 11 is 5.78. The number of hydrogen-bond donors (Lipinski definition) is 1. The summed E-state index contributed by atoms with van der Waals surface area (Å²) in [5.41, 5.74) is 0. The molecule has 23 heavy (non-hydrogen) atoms. The van der Waals surface area contributed by atoms with Crippen LogP contribution in [0.1, 0.15) is 18.9 Å². The van der Waals surface area contributed by atoms with Crippen molar-refractivity contribution in [2.24, 2.45) is 11.8 Å². The smallest absolute Gasteiger partial charge is 0.167 e. The maximum Gasteiger partial charge on any atom is 0.167 e. The van der Waals surface area contributed by atoms with E-state index >= 15 is 0 Å². The van der Waals surface area contributed by atoms with Gasteiger partial charge in [0, 0.05) is 31.7 Å². The first kappa shape index (κ1) is 14.9. The highest BCUT2D eigenvalue weighted by Crippen LogP contribution is 2.42. The first-order chi connectivity index (χ1) is 11.1. The van der Waals surface area contributed by atoms with Crippen molar-refractivity contribution in [2.45, 2.75) is 25.0 Å². The second-order valence-corrected chi connectivity index (χ2v) is 6.91. The van der Waals surface area contributed by atoms with E-state index in [9.17, 15) is 9.50 Å². The summed E-state index contributed by atoms with van der Waals surface area (Å²) in [6.07, 6.45) is 6.23. The summed E-state index contributed by atoms with van der Waals surface area (Å²) in [7, 11) is 0. The standard InChI is InChI=1S/C16H18ClFN4O/c17-12-6-13(18)16(19-7-12)21-8-10-4-14(22-3-1-2-20-22)15(23)5-11(10)9-21/h1-3,6-7,10-11,14-15,23H,4-5,8-9H2/t10-,11+,14-,15-/m1/s1. The zero-order valence-corrected chi connectivity index (χ0v) is 13.3. The molecule has 0 unspecified atom stereocenters. The van der Waals surface area contributed by atoms with E-state index in [2.05, 4.69) is 10.1 Å². The molecule has 1 N–H and O–H groups in total. The number of hydrogen-bond acceptors (Lipinski definition) is 4. The van der Waals surface area contributed by atoms with Gasteiger partial charge in [0.05, 0.1) is 17.2 Å². The van der Waals surface area contributed by atoms with Gasteiger partial charge in [-0.05, 0) is 36.8 Å². The van der Waals surface area contributed by atoms with E-state index in [-0.39, 0.29) is 11.9 Å². The zero-order valence-electron chi connectivity index (χ0n) is 12.5. The summed E-state index contributed by atoms with van der Waals surface area (Å²) < 4.78 is 15.9. The molecule has 2 aromatic rings. The minimum Gasteiger partial charge on any atom is -0.391 e. The van der Waals surface area contributed by atoms with E-state index in [0.717, 1.165) is 19.5 Å². The molecule has 1 saturated carbocycles. The summed E-state index contributed by atoms with van der Waals surface area (Å²) in [6, 6.07) is 3.16. The second-order valence-electron chi connectivity index (χ2n) is 6.48. The van der Waals surface area contributed by atoms with Gasteiger partial charge < -0.3 is 10.0 Å². The zero-order chi connectivity index (χ0) is 16.0. The molecule has 5 nitrogen and oxygen atoms in total. The average molecular weight is 337 g/mol. The molecule has 2 aromatic heterocycles. The Morgan fingerprint density at radius 1 is 1.26 bits per heavy atom. The molecule has 1 saturated heterocycles. The molecule has 4 rings (SSSR count).